The SMILES string of the molecule is CCc1ncnc(-c2ccc(C(C)(C)N)cc2)c1C#Cc1ccc(N)nc1. The third kappa shape index (κ3) is 4.30. The number of pyridine rings is 1. The minimum absolute atomic E-state index is 0.385. The average molecular weight is 357 g/mol. The Labute approximate surface area is 159 Å². The highest BCUT2D eigenvalue weighted by atomic mass is 14.8. The number of aryl methyl sites for hydroxylation is 1. The highest BCUT2D eigenvalue weighted by molar-refractivity contribution is 5.69. The van der Waals surface area contributed by atoms with E-state index < -0.39 is 0 Å². The van der Waals surface area contributed by atoms with Crippen molar-refractivity contribution in [1.82, 2.24) is 15.0 Å². The molecule has 1 aromatic carbocycles. The van der Waals surface area contributed by atoms with Gasteiger partial charge in [0.1, 0.15) is 12.1 Å². The molecule has 3 aromatic rings. The third-order valence-electron chi connectivity index (χ3n) is 4.28. The normalized spacial score (nSPS) is 11.0. The van der Waals surface area contributed by atoms with Gasteiger partial charge in [-0.05, 0) is 38.0 Å². The monoisotopic (exact) mass is 357 g/mol. The van der Waals surface area contributed by atoms with Gasteiger partial charge in [-0.15, -0.1) is 0 Å². The Balaban J connectivity index is 2.06. The number of hydrogen-bond donors (Lipinski definition) is 2. The van der Waals surface area contributed by atoms with Gasteiger partial charge >= 0.3 is 0 Å². The zero-order chi connectivity index (χ0) is 19.4. The number of nitrogen functional groups attached to an aromatic ring is 1. The molecule has 0 bridgehead atoms. The second kappa shape index (κ2) is 7.56. The van der Waals surface area contributed by atoms with E-state index in [1.54, 1.807) is 18.6 Å². The number of nitrogens with zero attached hydrogens (tertiary/aromatic N) is 3. The molecule has 136 valence electrons. The van der Waals surface area contributed by atoms with Crippen LogP contribution in [-0.2, 0) is 12.0 Å². The fourth-order valence-corrected chi connectivity index (χ4v) is 2.71. The maximum Gasteiger partial charge on any atom is 0.123 e. The fourth-order valence-electron chi connectivity index (χ4n) is 2.71. The van der Waals surface area contributed by atoms with Crippen molar-refractivity contribution in [3.8, 4) is 23.1 Å². The van der Waals surface area contributed by atoms with Crippen LogP contribution in [-0.4, -0.2) is 15.0 Å². The van der Waals surface area contributed by atoms with Gasteiger partial charge in [-0.2, -0.15) is 0 Å². The van der Waals surface area contributed by atoms with Crippen molar-refractivity contribution in [1.29, 1.82) is 0 Å². The molecular weight excluding hydrogens is 334 g/mol. The Bertz CT molecular complexity index is 988. The second-order valence-electron chi connectivity index (χ2n) is 6.92. The molecule has 2 heterocycles. The van der Waals surface area contributed by atoms with Gasteiger partial charge in [-0.1, -0.05) is 43.0 Å². The molecule has 0 saturated heterocycles. The number of anilines is 1. The molecule has 0 aliphatic rings. The van der Waals surface area contributed by atoms with Crippen molar-refractivity contribution < 1.29 is 0 Å². The van der Waals surface area contributed by atoms with Crippen LogP contribution in [0.3, 0.4) is 0 Å². The minimum Gasteiger partial charge on any atom is -0.384 e. The lowest BCUT2D eigenvalue weighted by atomic mass is 9.93. The predicted octanol–water partition coefficient (Wildman–Crippen LogP) is 3.28. The van der Waals surface area contributed by atoms with E-state index in [-0.39, 0.29) is 5.54 Å². The van der Waals surface area contributed by atoms with Crippen LogP contribution in [0.25, 0.3) is 11.3 Å². The summed E-state index contributed by atoms with van der Waals surface area (Å²) in [7, 11) is 0. The summed E-state index contributed by atoms with van der Waals surface area (Å²) >= 11 is 0. The van der Waals surface area contributed by atoms with E-state index in [0.717, 1.165) is 40.1 Å². The molecular formula is C22H23N5. The lowest BCUT2D eigenvalue weighted by molar-refractivity contribution is 0.554. The number of rotatable bonds is 3. The highest BCUT2D eigenvalue weighted by Crippen LogP contribution is 2.25. The van der Waals surface area contributed by atoms with Crippen molar-refractivity contribution in [2.24, 2.45) is 5.73 Å². The Morgan fingerprint density at radius 2 is 1.70 bits per heavy atom. The smallest absolute Gasteiger partial charge is 0.123 e. The van der Waals surface area contributed by atoms with E-state index in [1.165, 1.54) is 0 Å². The summed E-state index contributed by atoms with van der Waals surface area (Å²) in [4.78, 5) is 13.0. The van der Waals surface area contributed by atoms with Gasteiger partial charge in [-0.25, -0.2) is 15.0 Å². The molecule has 5 nitrogen and oxygen atoms in total. The lowest BCUT2D eigenvalue weighted by Gasteiger charge is -2.19. The van der Waals surface area contributed by atoms with Crippen LogP contribution in [0.15, 0.2) is 48.9 Å². The number of hydrogen-bond acceptors (Lipinski definition) is 5. The first kappa shape index (κ1) is 18.6. The molecule has 0 saturated carbocycles. The van der Waals surface area contributed by atoms with Crippen molar-refractivity contribution in [3.05, 3.63) is 71.3 Å². The number of nitrogens with two attached hydrogens (primary N) is 2. The molecule has 27 heavy (non-hydrogen) atoms. The zero-order valence-electron chi connectivity index (χ0n) is 15.8. The molecule has 5 heteroatoms. The first-order valence-electron chi connectivity index (χ1n) is 8.85. The van der Waals surface area contributed by atoms with Crippen molar-refractivity contribution in [3.63, 3.8) is 0 Å². The summed E-state index contributed by atoms with van der Waals surface area (Å²) in [5, 5.41) is 0. The highest BCUT2D eigenvalue weighted by Gasteiger charge is 2.15. The van der Waals surface area contributed by atoms with Crippen molar-refractivity contribution >= 4 is 5.82 Å². The summed E-state index contributed by atoms with van der Waals surface area (Å²) in [6.07, 6.45) is 4.02. The van der Waals surface area contributed by atoms with E-state index >= 15 is 0 Å². The van der Waals surface area contributed by atoms with E-state index in [9.17, 15) is 0 Å². The van der Waals surface area contributed by atoms with Gasteiger partial charge in [0.2, 0.25) is 0 Å². The molecule has 0 atom stereocenters. The van der Waals surface area contributed by atoms with Gasteiger partial charge < -0.3 is 11.5 Å². The van der Waals surface area contributed by atoms with Crippen LogP contribution < -0.4 is 11.5 Å². The van der Waals surface area contributed by atoms with Gasteiger partial charge in [0.05, 0.1) is 17.0 Å². The molecule has 0 aliphatic heterocycles. The van der Waals surface area contributed by atoms with E-state index in [4.69, 9.17) is 11.5 Å². The average Bonchev–Trinajstić information content (AvgIpc) is 2.66. The number of benzene rings is 1. The predicted molar refractivity (Wildman–Crippen MR) is 109 cm³/mol. The van der Waals surface area contributed by atoms with Gasteiger partial charge in [0.25, 0.3) is 0 Å². The summed E-state index contributed by atoms with van der Waals surface area (Å²) < 4.78 is 0. The first-order chi connectivity index (χ1) is 12.9. The van der Waals surface area contributed by atoms with Crippen LogP contribution in [0.1, 0.15) is 43.2 Å². The van der Waals surface area contributed by atoms with E-state index in [1.807, 2.05) is 44.2 Å². The third-order valence-corrected chi connectivity index (χ3v) is 4.28. The van der Waals surface area contributed by atoms with Gasteiger partial charge in [-0.3, -0.25) is 0 Å². The van der Waals surface area contributed by atoms with Crippen LogP contribution in [0.5, 0.6) is 0 Å². The summed E-state index contributed by atoms with van der Waals surface area (Å²) in [6.45, 7) is 6.03. The standard InChI is InChI=1S/C22H23N5/c1-4-19-18(11-5-15-6-12-20(23)25-13-15)21(27-14-26-19)16-7-9-17(10-8-16)22(2,3)24/h6-10,12-14H,4,24H2,1-3H3,(H2,23,25). The molecule has 0 spiro atoms. The lowest BCUT2D eigenvalue weighted by Crippen LogP contribution is -2.28. The number of aromatic nitrogens is 3. The maximum atomic E-state index is 6.18. The minimum atomic E-state index is -0.385. The summed E-state index contributed by atoms with van der Waals surface area (Å²) in [6, 6.07) is 11.7. The molecule has 0 fully saturated rings. The van der Waals surface area contributed by atoms with Gasteiger partial charge in [0.15, 0.2) is 0 Å². The first-order valence-corrected chi connectivity index (χ1v) is 8.85. The van der Waals surface area contributed by atoms with Crippen LogP contribution >= 0.6 is 0 Å². The summed E-state index contributed by atoms with van der Waals surface area (Å²) in [5.41, 5.74) is 16.8. The Morgan fingerprint density at radius 3 is 2.30 bits per heavy atom. The quantitative estimate of drug-likeness (QED) is 0.702. The molecule has 4 N–H and O–H groups in total. The topological polar surface area (TPSA) is 90.7 Å². The Morgan fingerprint density at radius 1 is 0.963 bits per heavy atom. The Hall–Kier alpha value is -3.23. The summed E-state index contributed by atoms with van der Waals surface area (Å²) in [5.74, 6) is 6.85. The van der Waals surface area contributed by atoms with Gasteiger partial charge in [0, 0.05) is 22.9 Å². The van der Waals surface area contributed by atoms with Crippen LogP contribution in [0.4, 0.5) is 5.82 Å². The van der Waals surface area contributed by atoms with Crippen molar-refractivity contribution in [2.45, 2.75) is 32.7 Å². The molecule has 0 aliphatic carbocycles. The molecule has 2 aromatic heterocycles. The second-order valence-corrected chi connectivity index (χ2v) is 6.92. The zero-order valence-corrected chi connectivity index (χ0v) is 15.8. The molecule has 0 amide bonds. The molecule has 3 rings (SSSR count). The maximum absolute atomic E-state index is 6.18. The molecule has 0 radical (unpaired) electrons. The van der Waals surface area contributed by atoms with Crippen LogP contribution in [0.2, 0.25) is 0 Å². The molecule has 0 unspecified atom stereocenters. The largest absolute Gasteiger partial charge is 0.384 e. The van der Waals surface area contributed by atoms with E-state index in [0.29, 0.717) is 5.82 Å². The van der Waals surface area contributed by atoms with Crippen LogP contribution in [0, 0.1) is 11.8 Å². The van der Waals surface area contributed by atoms with Crippen molar-refractivity contribution in [2.75, 3.05) is 5.73 Å². The van der Waals surface area contributed by atoms with E-state index in [2.05, 4.69) is 33.7 Å². The Kier molecular flexibility index (Phi) is 5.20. The fraction of sp³-hybridized carbons (Fsp3) is 0.227.